The Morgan fingerprint density at radius 1 is 0.846 bits per heavy atom. The predicted octanol–water partition coefficient (Wildman–Crippen LogP) is 2.91. The molecule has 0 atom stereocenters. The van der Waals surface area contributed by atoms with Gasteiger partial charge in [-0.1, -0.05) is 23.3 Å². The van der Waals surface area contributed by atoms with E-state index in [9.17, 15) is 0 Å². The van der Waals surface area contributed by atoms with Gasteiger partial charge in [-0.15, -0.1) is 0 Å². The lowest BCUT2D eigenvalue weighted by Crippen LogP contribution is -2.00. The fourth-order valence-corrected chi connectivity index (χ4v) is 0.606. The summed E-state index contributed by atoms with van der Waals surface area (Å²) in [7, 11) is 0. The second kappa shape index (κ2) is 8.02. The maximum atomic E-state index is 5.20. The van der Waals surface area contributed by atoms with Gasteiger partial charge in [-0.2, -0.15) is 0 Å². The molecule has 0 aromatic carbocycles. The van der Waals surface area contributed by atoms with Gasteiger partial charge in [-0.3, -0.25) is 0 Å². The summed E-state index contributed by atoms with van der Waals surface area (Å²) in [4.78, 5) is 0. The normalized spacial score (nSPS) is 9.54. The summed E-state index contributed by atoms with van der Waals surface area (Å²) >= 11 is 0. The van der Waals surface area contributed by atoms with Crippen LogP contribution in [0.5, 0.6) is 0 Å². The Labute approximate surface area is 81.2 Å². The van der Waals surface area contributed by atoms with E-state index in [4.69, 9.17) is 9.47 Å². The molecule has 0 aliphatic rings. The maximum absolute atomic E-state index is 5.20. The highest BCUT2D eigenvalue weighted by molar-refractivity contribution is 4.93. The zero-order valence-corrected chi connectivity index (χ0v) is 9.09. The van der Waals surface area contributed by atoms with Crippen molar-refractivity contribution < 1.29 is 9.47 Å². The van der Waals surface area contributed by atoms with Gasteiger partial charge < -0.3 is 9.47 Å². The molecule has 0 saturated carbocycles. The summed E-state index contributed by atoms with van der Waals surface area (Å²) in [5.74, 6) is 0. The van der Waals surface area contributed by atoms with Crippen LogP contribution in [0.3, 0.4) is 0 Å². The molecular formula is C11H20O2. The van der Waals surface area contributed by atoms with Crippen LogP contribution in [0.1, 0.15) is 27.7 Å². The Kier molecular flexibility index (Phi) is 7.65. The van der Waals surface area contributed by atoms with E-state index in [0.29, 0.717) is 20.0 Å². The van der Waals surface area contributed by atoms with Gasteiger partial charge in [0.15, 0.2) is 0 Å². The van der Waals surface area contributed by atoms with Crippen LogP contribution in [0.2, 0.25) is 0 Å². The van der Waals surface area contributed by atoms with Gasteiger partial charge in [-0.05, 0) is 27.7 Å². The van der Waals surface area contributed by atoms with Gasteiger partial charge in [0.2, 0.25) is 0 Å². The Morgan fingerprint density at radius 3 is 1.54 bits per heavy atom. The van der Waals surface area contributed by atoms with Crippen molar-refractivity contribution in [1.82, 2.24) is 0 Å². The molecule has 0 amide bonds. The van der Waals surface area contributed by atoms with Crippen molar-refractivity contribution >= 4 is 0 Å². The van der Waals surface area contributed by atoms with Crippen molar-refractivity contribution in [3.05, 3.63) is 23.3 Å². The average molecular weight is 184 g/mol. The molecule has 0 unspecified atom stereocenters. The third kappa shape index (κ3) is 11.4. The molecule has 0 aliphatic heterocycles. The molecule has 0 bridgehead atoms. The van der Waals surface area contributed by atoms with E-state index in [1.807, 2.05) is 39.8 Å². The first-order chi connectivity index (χ1) is 6.13. The number of hydrogen-bond donors (Lipinski definition) is 0. The second-order valence-electron chi connectivity index (χ2n) is 3.42. The summed E-state index contributed by atoms with van der Waals surface area (Å²) in [6, 6.07) is 0. The first kappa shape index (κ1) is 12.4. The number of rotatable bonds is 6. The third-order valence-electron chi connectivity index (χ3n) is 1.39. The standard InChI is InChI=1S/C11H20O2/c1-10(2)5-7-12-9-13-8-6-11(3)4/h5-6H,7-9H2,1-4H3. The zero-order valence-electron chi connectivity index (χ0n) is 9.09. The van der Waals surface area contributed by atoms with E-state index in [2.05, 4.69) is 0 Å². The van der Waals surface area contributed by atoms with Crippen LogP contribution in [-0.4, -0.2) is 20.0 Å². The van der Waals surface area contributed by atoms with E-state index in [0.717, 1.165) is 0 Å². The van der Waals surface area contributed by atoms with Crippen molar-refractivity contribution in [1.29, 1.82) is 0 Å². The Hall–Kier alpha value is -0.600. The van der Waals surface area contributed by atoms with Crippen molar-refractivity contribution in [3.63, 3.8) is 0 Å². The van der Waals surface area contributed by atoms with Crippen molar-refractivity contribution in [2.75, 3.05) is 20.0 Å². The first-order valence-corrected chi connectivity index (χ1v) is 4.55. The van der Waals surface area contributed by atoms with E-state index in [1.54, 1.807) is 0 Å². The van der Waals surface area contributed by atoms with Gasteiger partial charge in [0.05, 0.1) is 13.2 Å². The first-order valence-electron chi connectivity index (χ1n) is 4.55. The van der Waals surface area contributed by atoms with Gasteiger partial charge in [0.1, 0.15) is 6.79 Å². The molecule has 2 heteroatoms. The van der Waals surface area contributed by atoms with E-state index in [-0.39, 0.29) is 0 Å². The van der Waals surface area contributed by atoms with Crippen LogP contribution >= 0.6 is 0 Å². The summed E-state index contributed by atoms with van der Waals surface area (Å²) in [5, 5.41) is 0. The molecule has 0 spiro atoms. The van der Waals surface area contributed by atoms with Crippen LogP contribution in [0, 0.1) is 0 Å². The molecule has 0 saturated heterocycles. The quantitative estimate of drug-likeness (QED) is 0.359. The third-order valence-corrected chi connectivity index (χ3v) is 1.39. The number of ether oxygens (including phenoxy) is 2. The Morgan fingerprint density at radius 2 is 1.23 bits per heavy atom. The summed E-state index contributed by atoms with van der Waals surface area (Å²) < 4.78 is 10.4. The fraction of sp³-hybridized carbons (Fsp3) is 0.636. The monoisotopic (exact) mass is 184 g/mol. The van der Waals surface area contributed by atoms with Crippen LogP contribution in [0.4, 0.5) is 0 Å². The molecule has 0 N–H and O–H groups in total. The van der Waals surface area contributed by atoms with Crippen LogP contribution in [-0.2, 0) is 9.47 Å². The van der Waals surface area contributed by atoms with Crippen LogP contribution in [0.25, 0.3) is 0 Å². The topological polar surface area (TPSA) is 18.5 Å². The molecule has 0 rings (SSSR count). The van der Waals surface area contributed by atoms with Gasteiger partial charge in [0.25, 0.3) is 0 Å². The minimum atomic E-state index is 0.369. The molecule has 2 nitrogen and oxygen atoms in total. The molecule has 0 fully saturated rings. The Balaban J connectivity index is 3.18. The Bertz CT molecular complexity index is 153. The number of allylic oxidation sites excluding steroid dienone is 2. The maximum Gasteiger partial charge on any atom is 0.147 e. The highest BCUT2D eigenvalue weighted by Crippen LogP contribution is 1.90. The lowest BCUT2D eigenvalue weighted by atomic mass is 10.3. The molecule has 0 heterocycles. The zero-order chi connectivity index (χ0) is 10.1. The van der Waals surface area contributed by atoms with Gasteiger partial charge in [-0.25, -0.2) is 0 Å². The summed E-state index contributed by atoms with van der Waals surface area (Å²) in [5.41, 5.74) is 2.54. The van der Waals surface area contributed by atoms with E-state index >= 15 is 0 Å². The predicted molar refractivity (Wildman–Crippen MR) is 55.6 cm³/mol. The van der Waals surface area contributed by atoms with Crippen molar-refractivity contribution in [2.24, 2.45) is 0 Å². The second-order valence-corrected chi connectivity index (χ2v) is 3.42. The van der Waals surface area contributed by atoms with Crippen LogP contribution < -0.4 is 0 Å². The highest BCUT2D eigenvalue weighted by Gasteiger charge is 1.84. The SMILES string of the molecule is CC(C)=CCOCOCC=C(C)C. The van der Waals surface area contributed by atoms with Crippen LogP contribution in [0.15, 0.2) is 23.3 Å². The highest BCUT2D eigenvalue weighted by atomic mass is 16.7. The van der Waals surface area contributed by atoms with Crippen molar-refractivity contribution in [3.8, 4) is 0 Å². The minimum Gasteiger partial charge on any atom is -0.351 e. The van der Waals surface area contributed by atoms with Crippen molar-refractivity contribution in [2.45, 2.75) is 27.7 Å². The van der Waals surface area contributed by atoms with Gasteiger partial charge >= 0.3 is 0 Å². The average Bonchev–Trinajstić information content (AvgIpc) is 2.01. The lowest BCUT2D eigenvalue weighted by Gasteiger charge is -2.01. The molecule has 76 valence electrons. The summed E-state index contributed by atoms with van der Waals surface area (Å²) in [6.45, 7) is 9.84. The molecule has 0 aromatic heterocycles. The largest absolute Gasteiger partial charge is 0.351 e. The molecule has 0 aliphatic carbocycles. The molecule has 13 heavy (non-hydrogen) atoms. The molecule has 0 aromatic rings. The molecule has 0 radical (unpaired) electrons. The lowest BCUT2D eigenvalue weighted by molar-refractivity contribution is -0.0334. The van der Waals surface area contributed by atoms with E-state index in [1.165, 1.54) is 11.1 Å². The smallest absolute Gasteiger partial charge is 0.147 e. The van der Waals surface area contributed by atoms with E-state index < -0.39 is 0 Å². The minimum absolute atomic E-state index is 0.369. The summed E-state index contributed by atoms with van der Waals surface area (Å²) in [6.07, 6.45) is 4.06. The van der Waals surface area contributed by atoms with Gasteiger partial charge in [0, 0.05) is 0 Å². The fourth-order valence-electron chi connectivity index (χ4n) is 0.606. The number of hydrogen-bond acceptors (Lipinski definition) is 2. The molecular weight excluding hydrogens is 164 g/mol.